The summed E-state index contributed by atoms with van der Waals surface area (Å²) < 4.78 is 7.80. The Balaban J connectivity index is 1.17. The van der Waals surface area contributed by atoms with Gasteiger partial charge in [0.05, 0.1) is 5.69 Å². The highest BCUT2D eigenvalue weighted by Gasteiger charge is 2.23. The maximum Gasteiger partial charge on any atom is 0.0555 e. The zero-order chi connectivity index (χ0) is 38.2. The van der Waals surface area contributed by atoms with Crippen LogP contribution in [0.15, 0.2) is 200 Å². The van der Waals surface area contributed by atoms with Crippen LogP contribution in [0.3, 0.4) is 0 Å². The second kappa shape index (κ2) is 13.5. The first-order valence-electron chi connectivity index (χ1n) is 19.6. The summed E-state index contributed by atoms with van der Waals surface area (Å²) in [5.41, 5.74) is 11.0. The Bertz CT molecular complexity index is 3500. The van der Waals surface area contributed by atoms with Crippen molar-refractivity contribution in [2.45, 2.75) is 0 Å². The lowest BCUT2D eigenvalue weighted by molar-refractivity contribution is 1.32. The summed E-state index contributed by atoms with van der Waals surface area (Å²) in [6.07, 6.45) is 0. The second-order valence-electron chi connectivity index (χ2n) is 14.8. The van der Waals surface area contributed by atoms with Gasteiger partial charge in [0, 0.05) is 71.9 Å². The molecule has 272 valence electrons. The van der Waals surface area contributed by atoms with Gasteiger partial charge in [-0.2, -0.15) is 0 Å². The molecule has 12 rings (SSSR count). The minimum Gasteiger partial charge on any atom is -0.310 e. The summed E-state index contributed by atoms with van der Waals surface area (Å²) in [7, 11) is 0. The third kappa shape index (κ3) is 5.34. The molecule has 0 aliphatic carbocycles. The van der Waals surface area contributed by atoms with Crippen LogP contribution in [0.5, 0.6) is 0 Å². The summed E-state index contributed by atoms with van der Waals surface area (Å²) in [4.78, 5) is 2.52. The Kier molecular flexibility index (Phi) is 7.83. The molecule has 0 bridgehead atoms. The fourth-order valence-corrected chi connectivity index (χ4v) is 12.5. The molecule has 0 saturated heterocycles. The summed E-state index contributed by atoms with van der Waals surface area (Å²) in [6.45, 7) is 0. The summed E-state index contributed by atoms with van der Waals surface area (Å²) >= 11 is 5.66. The molecular weight excluding hydrogens is 759 g/mol. The number of hydrogen-bond acceptors (Lipinski definition) is 4. The molecule has 0 aliphatic heterocycles. The summed E-state index contributed by atoms with van der Waals surface area (Å²) in [5, 5.41) is 7.76. The van der Waals surface area contributed by atoms with Crippen molar-refractivity contribution in [1.29, 1.82) is 0 Å². The van der Waals surface area contributed by atoms with E-state index in [-0.39, 0.29) is 0 Å². The number of rotatable bonds is 6. The van der Waals surface area contributed by atoms with Gasteiger partial charge < -0.3 is 4.90 Å². The minimum absolute atomic E-state index is 1.14. The Morgan fingerprint density at radius 3 is 1.47 bits per heavy atom. The van der Waals surface area contributed by atoms with E-state index in [1.165, 1.54) is 99.6 Å². The van der Waals surface area contributed by atoms with Crippen LogP contribution < -0.4 is 4.90 Å². The number of hydrogen-bond donors (Lipinski definition) is 0. The topological polar surface area (TPSA) is 3.24 Å². The van der Waals surface area contributed by atoms with E-state index in [4.69, 9.17) is 0 Å². The largest absolute Gasteiger partial charge is 0.310 e. The van der Waals surface area contributed by atoms with Gasteiger partial charge in [0.25, 0.3) is 0 Å². The standard InChI is InChI=1S/C54H33NS3/c1-4-14-34(15-5-1)39-27-28-40(35-16-6-2-7-17-35)53-51(39)45-32-37(25-31-49(45)58-53)55(38-24-26-43-42-20-10-12-22-47(42)56-50(43)33-38)46-30-29-41(36-18-8-3-9-19-36)54-52(46)44-21-11-13-23-48(44)57-54/h1-33H. The van der Waals surface area contributed by atoms with E-state index in [2.05, 4.69) is 205 Å². The Labute approximate surface area is 347 Å². The van der Waals surface area contributed by atoms with Crippen molar-refractivity contribution in [2.75, 3.05) is 4.90 Å². The van der Waals surface area contributed by atoms with Crippen LogP contribution >= 0.6 is 34.0 Å². The minimum atomic E-state index is 1.14. The Hall–Kier alpha value is -6.56. The van der Waals surface area contributed by atoms with Gasteiger partial charge in [0.1, 0.15) is 0 Å². The van der Waals surface area contributed by atoms with Crippen LogP contribution in [0.25, 0.3) is 93.9 Å². The van der Waals surface area contributed by atoms with E-state index in [1.807, 2.05) is 34.0 Å². The van der Waals surface area contributed by atoms with Crippen molar-refractivity contribution in [3.63, 3.8) is 0 Å². The molecular formula is C54H33NS3. The Morgan fingerprint density at radius 1 is 0.293 bits per heavy atom. The summed E-state index contributed by atoms with van der Waals surface area (Å²) in [6, 6.07) is 73.8. The first-order chi connectivity index (χ1) is 28.8. The van der Waals surface area contributed by atoms with Gasteiger partial charge >= 0.3 is 0 Å². The molecule has 0 radical (unpaired) electrons. The molecule has 1 nitrogen and oxygen atoms in total. The van der Waals surface area contributed by atoms with Gasteiger partial charge in [0.2, 0.25) is 0 Å². The van der Waals surface area contributed by atoms with Crippen molar-refractivity contribution < 1.29 is 0 Å². The molecule has 0 unspecified atom stereocenters. The average Bonchev–Trinajstić information content (AvgIpc) is 3.99. The first-order valence-corrected chi connectivity index (χ1v) is 22.0. The number of anilines is 3. The smallest absolute Gasteiger partial charge is 0.0555 e. The van der Waals surface area contributed by atoms with Gasteiger partial charge in [-0.3, -0.25) is 0 Å². The maximum atomic E-state index is 2.52. The van der Waals surface area contributed by atoms with Crippen molar-refractivity contribution in [1.82, 2.24) is 0 Å². The fourth-order valence-electron chi connectivity index (χ4n) is 8.83. The third-order valence-electron chi connectivity index (χ3n) is 11.5. The van der Waals surface area contributed by atoms with Crippen molar-refractivity contribution >= 4 is 112 Å². The van der Waals surface area contributed by atoms with Crippen molar-refractivity contribution in [3.8, 4) is 33.4 Å². The molecule has 3 aromatic heterocycles. The first kappa shape index (κ1) is 33.6. The van der Waals surface area contributed by atoms with Gasteiger partial charge in [-0.15, -0.1) is 34.0 Å². The molecule has 0 atom stereocenters. The molecule has 0 spiro atoms. The van der Waals surface area contributed by atoms with Crippen LogP contribution in [0.2, 0.25) is 0 Å². The van der Waals surface area contributed by atoms with Crippen LogP contribution in [0.4, 0.5) is 17.1 Å². The number of benzene rings is 9. The van der Waals surface area contributed by atoms with Crippen LogP contribution in [0, 0.1) is 0 Å². The van der Waals surface area contributed by atoms with E-state index in [0.717, 1.165) is 11.4 Å². The van der Waals surface area contributed by atoms with E-state index in [9.17, 15) is 0 Å². The molecule has 12 aromatic rings. The molecule has 0 aliphatic rings. The number of nitrogens with zero attached hydrogens (tertiary/aromatic N) is 1. The highest BCUT2D eigenvalue weighted by molar-refractivity contribution is 7.27. The lowest BCUT2D eigenvalue weighted by Crippen LogP contribution is -2.10. The highest BCUT2D eigenvalue weighted by atomic mass is 32.1. The lowest BCUT2D eigenvalue weighted by Gasteiger charge is -2.27. The van der Waals surface area contributed by atoms with Crippen LogP contribution in [-0.4, -0.2) is 0 Å². The monoisotopic (exact) mass is 791 g/mol. The predicted molar refractivity (Wildman–Crippen MR) is 256 cm³/mol. The molecule has 0 fully saturated rings. The van der Waals surface area contributed by atoms with Gasteiger partial charge in [-0.1, -0.05) is 152 Å². The van der Waals surface area contributed by atoms with Crippen LogP contribution in [-0.2, 0) is 0 Å². The second-order valence-corrected chi connectivity index (χ2v) is 18.0. The molecule has 0 amide bonds. The molecule has 58 heavy (non-hydrogen) atoms. The zero-order valence-corrected chi connectivity index (χ0v) is 33.7. The molecule has 9 aromatic carbocycles. The quantitative estimate of drug-likeness (QED) is 0.162. The van der Waals surface area contributed by atoms with Gasteiger partial charge in [-0.25, -0.2) is 0 Å². The molecule has 3 heterocycles. The SMILES string of the molecule is c1ccc(-c2ccc(-c3ccccc3)c3c2sc2ccc(N(c4ccc5c(c4)sc4ccccc45)c4ccc(-c5ccccc5)c5sc6ccccc6c45)cc23)cc1. The lowest BCUT2D eigenvalue weighted by atomic mass is 9.94. The number of thiophene rings is 3. The number of fused-ring (bicyclic) bond motifs is 9. The van der Waals surface area contributed by atoms with Crippen molar-refractivity contribution in [3.05, 3.63) is 200 Å². The van der Waals surface area contributed by atoms with Gasteiger partial charge in [-0.05, 0) is 81.9 Å². The maximum absolute atomic E-state index is 2.52. The predicted octanol–water partition coefficient (Wildman–Crippen LogP) is 17.3. The Morgan fingerprint density at radius 2 is 0.776 bits per heavy atom. The normalized spacial score (nSPS) is 11.8. The zero-order valence-electron chi connectivity index (χ0n) is 31.2. The third-order valence-corrected chi connectivity index (χ3v) is 15.0. The molecule has 0 saturated carbocycles. The van der Waals surface area contributed by atoms with E-state index >= 15 is 0 Å². The van der Waals surface area contributed by atoms with E-state index in [1.54, 1.807) is 0 Å². The average molecular weight is 792 g/mol. The molecule has 4 heteroatoms. The fraction of sp³-hybridized carbons (Fsp3) is 0. The summed E-state index contributed by atoms with van der Waals surface area (Å²) in [5.74, 6) is 0. The van der Waals surface area contributed by atoms with E-state index < -0.39 is 0 Å². The van der Waals surface area contributed by atoms with Crippen LogP contribution in [0.1, 0.15) is 0 Å². The van der Waals surface area contributed by atoms with Crippen molar-refractivity contribution in [2.24, 2.45) is 0 Å². The van der Waals surface area contributed by atoms with E-state index in [0.29, 0.717) is 0 Å². The molecule has 0 N–H and O–H groups in total. The van der Waals surface area contributed by atoms with Gasteiger partial charge in [0.15, 0.2) is 0 Å². The highest BCUT2D eigenvalue weighted by Crippen LogP contribution is 2.51.